The molecule has 1 saturated carbocycles. The Balaban J connectivity index is 1.55. The molecule has 0 bridgehead atoms. The normalized spacial score (nSPS) is 21.8. The zero-order chi connectivity index (χ0) is 51.1. The van der Waals surface area contributed by atoms with E-state index in [1.807, 2.05) is 20.8 Å². The molecule has 1 fully saturated rings. The van der Waals surface area contributed by atoms with Crippen molar-refractivity contribution >= 4 is 35.2 Å². The van der Waals surface area contributed by atoms with Gasteiger partial charge in [0, 0.05) is 61.9 Å². The Morgan fingerprint density at radius 3 is 2.35 bits per heavy atom. The molecule has 6 rings (SSSR count). The summed E-state index contributed by atoms with van der Waals surface area (Å²) in [5, 5.41) is 48.7. The van der Waals surface area contributed by atoms with Gasteiger partial charge in [-0.15, -0.1) is 6.58 Å². The fourth-order valence-corrected chi connectivity index (χ4v) is 9.77. The summed E-state index contributed by atoms with van der Waals surface area (Å²) < 4.78 is 37.0. The monoisotopic (exact) mass is 984 g/mol. The standard InChI is InChI=1S/C53H68N4O14/c1-7-28-68-53-47(56(24-29-67-30-27-60)48(61)23-16-35-14-17-37(18-15-35)57(63)64)34-44(55-71-52(2,3)4)41-31-36(12-8-10-25-58)40(13-9-11-26-59)49(50(41)53)42-32-39(20-22-45(42)70-53)69-51(62)54-43-21-19-38(65-5)33-46(43)66-6/h7,14-23,31-33,36,40,47,49-50,58-60H,1,8-13,24-30,34H2,2-6H3,(H,54,62)/t36-,40+,47-,49+,50+,53+/m0/s1. The number of carbonyl (C=O) groups is 2. The maximum Gasteiger partial charge on any atom is 0.417 e. The van der Waals surface area contributed by atoms with Gasteiger partial charge in [-0.2, -0.15) is 0 Å². The van der Waals surface area contributed by atoms with Crippen LogP contribution in [0.2, 0.25) is 0 Å². The summed E-state index contributed by atoms with van der Waals surface area (Å²) in [5.41, 5.74) is 2.21. The van der Waals surface area contributed by atoms with Crippen LogP contribution in [-0.4, -0.2) is 121 Å². The van der Waals surface area contributed by atoms with Crippen LogP contribution in [-0.2, 0) is 19.1 Å². The van der Waals surface area contributed by atoms with Crippen molar-refractivity contribution in [2.24, 2.45) is 22.9 Å². The number of unbranched alkanes of at least 4 members (excludes halogenated alkanes) is 2. The molecule has 3 aromatic carbocycles. The summed E-state index contributed by atoms with van der Waals surface area (Å²) in [5.74, 6) is -1.81. The molecule has 0 spiro atoms. The van der Waals surface area contributed by atoms with Crippen LogP contribution in [0.25, 0.3) is 6.08 Å². The molecule has 1 heterocycles. The number of nitrogens with zero attached hydrogens (tertiary/aromatic N) is 3. The second kappa shape index (κ2) is 25.2. The van der Waals surface area contributed by atoms with Gasteiger partial charge in [-0.1, -0.05) is 30.1 Å². The number of benzene rings is 3. The van der Waals surface area contributed by atoms with Crippen LogP contribution < -0.4 is 24.3 Å². The Bertz CT molecular complexity index is 2400. The summed E-state index contributed by atoms with van der Waals surface area (Å²) in [6.45, 7) is 9.57. The van der Waals surface area contributed by atoms with Crippen molar-refractivity contribution in [2.75, 3.05) is 65.7 Å². The van der Waals surface area contributed by atoms with E-state index in [2.05, 4.69) is 18.0 Å². The Kier molecular flexibility index (Phi) is 19.2. The SMILES string of the molecule is C=CCO[C@@]12Oc3ccc(OC(=O)Nc4ccc(OC)cc4OC)cc3[C@H]3[C@H](CCCCO)[C@@H](CCCCO)C=C(C(=NOC(C)(C)C)C[C@@H]1N(CCOCCO)C(=O)C=Cc1ccc([N+](=O)[O-])cc1)[C@H]32. The Hall–Kier alpha value is -6.31. The topological polar surface area (TPSA) is 230 Å². The number of hydrogen-bond acceptors (Lipinski definition) is 15. The smallest absolute Gasteiger partial charge is 0.417 e. The van der Waals surface area contributed by atoms with Crippen LogP contribution in [0.1, 0.15) is 82.8 Å². The van der Waals surface area contributed by atoms with Crippen LogP contribution in [0.4, 0.5) is 16.2 Å². The Morgan fingerprint density at radius 2 is 1.69 bits per heavy atom. The van der Waals surface area contributed by atoms with E-state index in [1.165, 1.54) is 32.4 Å². The van der Waals surface area contributed by atoms with Gasteiger partial charge in [0.1, 0.15) is 34.6 Å². The molecule has 2 amide bonds. The first-order valence-electron chi connectivity index (χ1n) is 24.1. The second-order valence-corrected chi connectivity index (χ2v) is 18.6. The predicted molar refractivity (Wildman–Crippen MR) is 267 cm³/mol. The summed E-state index contributed by atoms with van der Waals surface area (Å²) in [6.07, 6.45) is 10.1. The number of aliphatic hydroxyl groups excluding tert-OH is 3. The minimum absolute atomic E-state index is 0.00107. The summed E-state index contributed by atoms with van der Waals surface area (Å²) in [7, 11) is 3.01. The minimum atomic E-state index is -1.62. The highest BCUT2D eigenvalue weighted by Gasteiger charge is 2.65. The first kappa shape index (κ1) is 54.0. The quantitative estimate of drug-likeness (QED) is 0.0206. The van der Waals surface area contributed by atoms with Crippen molar-refractivity contribution in [3.63, 3.8) is 0 Å². The average molecular weight is 985 g/mol. The molecule has 4 N–H and O–H groups in total. The Labute approximate surface area is 415 Å². The summed E-state index contributed by atoms with van der Waals surface area (Å²) in [6, 6.07) is 15.1. The number of amides is 2. The van der Waals surface area contributed by atoms with Gasteiger partial charge in [0.25, 0.3) is 5.69 Å². The molecule has 18 heteroatoms. The molecule has 0 saturated heterocycles. The molecular weight excluding hydrogens is 917 g/mol. The van der Waals surface area contributed by atoms with E-state index in [-0.39, 0.29) is 75.9 Å². The third-order valence-electron chi connectivity index (χ3n) is 12.8. The van der Waals surface area contributed by atoms with E-state index in [4.69, 9.17) is 38.4 Å². The molecule has 3 aliphatic rings. The lowest BCUT2D eigenvalue weighted by atomic mass is 9.55. The molecule has 0 unspecified atom stereocenters. The van der Waals surface area contributed by atoms with Crippen molar-refractivity contribution in [1.29, 1.82) is 0 Å². The van der Waals surface area contributed by atoms with Gasteiger partial charge in [-0.3, -0.25) is 20.2 Å². The van der Waals surface area contributed by atoms with E-state index < -0.39 is 46.2 Å². The molecule has 0 aromatic heterocycles. The van der Waals surface area contributed by atoms with Gasteiger partial charge in [0.15, 0.2) is 0 Å². The van der Waals surface area contributed by atoms with E-state index in [0.717, 1.165) is 17.6 Å². The fraction of sp³-hybridized carbons (Fsp3) is 0.491. The lowest BCUT2D eigenvalue weighted by molar-refractivity contribution is -0.384. The van der Waals surface area contributed by atoms with Crippen LogP contribution in [0.15, 0.2) is 96.2 Å². The maximum absolute atomic E-state index is 14.9. The number of non-ortho nitro benzene ring substituents is 1. The number of rotatable bonds is 25. The van der Waals surface area contributed by atoms with Crippen LogP contribution in [0, 0.1) is 27.9 Å². The number of nitro groups is 1. The van der Waals surface area contributed by atoms with Crippen molar-refractivity contribution < 1.29 is 63.1 Å². The fourth-order valence-electron chi connectivity index (χ4n) is 9.77. The zero-order valence-corrected chi connectivity index (χ0v) is 41.3. The highest BCUT2D eigenvalue weighted by Crippen LogP contribution is 2.62. The van der Waals surface area contributed by atoms with Crippen LogP contribution >= 0.6 is 0 Å². The number of hydrogen-bond donors (Lipinski definition) is 4. The molecule has 6 atom stereocenters. The third kappa shape index (κ3) is 13.4. The molecule has 1 aliphatic heterocycles. The predicted octanol–water partition coefficient (Wildman–Crippen LogP) is 8.21. The second-order valence-electron chi connectivity index (χ2n) is 18.6. The highest BCUT2D eigenvalue weighted by molar-refractivity contribution is 6.03. The molecule has 2 aliphatic carbocycles. The number of aliphatic hydroxyl groups is 3. The van der Waals surface area contributed by atoms with Gasteiger partial charge < -0.3 is 53.5 Å². The molecule has 71 heavy (non-hydrogen) atoms. The Morgan fingerprint density at radius 1 is 0.958 bits per heavy atom. The van der Waals surface area contributed by atoms with Gasteiger partial charge in [0.2, 0.25) is 11.7 Å². The van der Waals surface area contributed by atoms with E-state index in [1.54, 1.807) is 65.6 Å². The molecular formula is C53H68N4O14. The molecule has 384 valence electrons. The number of anilines is 1. The van der Waals surface area contributed by atoms with E-state index in [9.17, 15) is 35.0 Å². The van der Waals surface area contributed by atoms with Crippen LogP contribution in [0.3, 0.4) is 0 Å². The van der Waals surface area contributed by atoms with Crippen molar-refractivity contribution in [3.8, 4) is 23.0 Å². The first-order chi connectivity index (χ1) is 34.2. The number of oxime groups is 1. The number of methoxy groups -OCH3 is 2. The largest absolute Gasteiger partial charge is 0.497 e. The molecule has 18 nitrogen and oxygen atoms in total. The van der Waals surface area contributed by atoms with Gasteiger partial charge in [0.05, 0.1) is 62.9 Å². The molecule has 3 aromatic rings. The van der Waals surface area contributed by atoms with E-state index >= 15 is 0 Å². The van der Waals surface area contributed by atoms with Crippen molar-refractivity contribution in [2.45, 2.75) is 89.1 Å². The number of fused-ring (bicyclic) bond motifs is 2. The number of ether oxygens (including phenoxy) is 6. The maximum atomic E-state index is 14.9. The van der Waals surface area contributed by atoms with Gasteiger partial charge in [-0.05, 0) is 118 Å². The highest BCUT2D eigenvalue weighted by atomic mass is 16.7. The zero-order valence-electron chi connectivity index (χ0n) is 41.3. The summed E-state index contributed by atoms with van der Waals surface area (Å²) >= 11 is 0. The first-order valence-corrected chi connectivity index (χ1v) is 24.1. The number of carbonyl (C=O) groups excluding carboxylic acids is 2. The van der Waals surface area contributed by atoms with Crippen molar-refractivity contribution in [1.82, 2.24) is 4.90 Å². The average Bonchev–Trinajstić information content (AvgIpc) is 3.35. The third-order valence-corrected chi connectivity index (χ3v) is 12.8. The number of nitrogens with one attached hydrogen (secondary N) is 1. The molecule has 0 radical (unpaired) electrons. The lowest BCUT2D eigenvalue weighted by Gasteiger charge is -2.60. The van der Waals surface area contributed by atoms with Gasteiger partial charge >= 0.3 is 6.09 Å². The summed E-state index contributed by atoms with van der Waals surface area (Å²) in [4.78, 5) is 47.4. The number of nitro benzene ring substituents is 1. The number of allylic oxidation sites excluding steroid dienone is 1. The van der Waals surface area contributed by atoms with Crippen molar-refractivity contribution in [3.05, 3.63) is 112 Å². The van der Waals surface area contributed by atoms with Gasteiger partial charge in [-0.25, -0.2) is 4.79 Å². The van der Waals surface area contributed by atoms with E-state index in [0.29, 0.717) is 66.3 Å². The van der Waals surface area contributed by atoms with Crippen LogP contribution in [0.5, 0.6) is 23.0 Å². The minimum Gasteiger partial charge on any atom is -0.497 e. The lowest BCUT2D eigenvalue weighted by Crippen LogP contribution is -2.70.